The van der Waals surface area contributed by atoms with Gasteiger partial charge >= 0.3 is 0 Å². The van der Waals surface area contributed by atoms with Gasteiger partial charge in [0.25, 0.3) is 0 Å². The molecule has 1 aromatic carbocycles. The largest absolute Gasteiger partial charge is 0.323 e. The fourth-order valence-corrected chi connectivity index (χ4v) is 1.85. The number of carbonyl (C=O) groups is 2. The molecule has 0 aliphatic carbocycles. The molecule has 1 aromatic rings. The van der Waals surface area contributed by atoms with E-state index in [1.807, 2.05) is 20.8 Å². The molecule has 0 aromatic heterocycles. The molecular formula is C15H17ClN2O2. The summed E-state index contributed by atoms with van der Waals surface area (Å²) in [5.41, 5.74) is 0.125. The second-order valence-corrected chi connectivity index (χ2v) is 6.14. The van der Waals surface area contributed by atoms with Crippen molar-refractivity contribution in [3.8, 4) is 6.07 Å². The lowest BCUT2D eigenvalue weighted by Crippen LogP contribution is -2.31. The van der Waals surface area contributed by atoms with Crippen LogP contribution in [0.2, 0.25) is 5.02 Å². The Kier molecular flexibility index (Phi) is 5.29. The molecule has 1 rings (SSSR count). The number of rotatable bonds is 4. The maximum Gasteiger partial charge on any atom is 0.249 e. The van der Waals surface area contributed by atoms with Crippen molar-refractivity contribution in [2.45, 2.75) is 27.2 Å². The van der Waals surface area contributed by atoms with Gasteiger partial charge in [-0.05, 0) is 17.5 Å². The molecule has 5 heteroatoms. The lowest BCUT2D eigenvalue weighted by molar-refractivity contribution is -0.129. The van der Waals surface area contributed by atoms with Crippen LogP contribution in [-0.4, -0.2) is 11.7 Å². The Morgan fingerprint density at radius 1 is 1.35 bits per heavy atom. The predicted molar refractivity (Wildman–Crippen MR) is 78.3 cm³/mol. The number of nitriles is 1. The lowest BCUT2D eigenvalue weighted by atomic mass is 9.86. The first-order chi connectivity index (χ1) is 9.24. The van der Waals surface area contributed by atoms with E-state index in [1.54, 1.807) is 30.3 Å². The zero-order valence-corrected chi connectivity index (χ0v) is 12.5. The molecule has 0 saturated carbocycles. The van der Waals surface area contributed by atoms with Crippen LogP contribution in [0.4, 0.5) is 5.69 Å². The maximum atomic E-state index is 12.0. The predicted octanol–water partition coefficient (Wildman–Crippen LogP) is 3.42. The summed E-state index contributed by atoms with van der Waals surface area (Å²) in [5, 5.41) is 11.9. The van der Waals surface area contributed by atoms with Gasteiger partial charge in [-0.2, -0.15) is 5.26 Å². The number of ketones is 1. The van der Waals surface area contributed by atoms with Crippen LogP contribution in [0, 0.1) is 22.7 Å². The number of anilines is 1. The van der Waals surface area contributed by atoms with Crippen molar-refractivity contribution in [1.29, 1.82) is 5.26 Å². The smallest absolute Gasteiger partial charge is 0.249 e. The molecule has 4 nitrogen and oxygen atoms in total. The topological polar surface area (TPSA) is 70.0 Å². The Balaban J connectivity index is 2.82. The van der Waals surface area contributed by atoms with Gasteiger partial charge in [0.2, 0.25) is 5.91 Å². The molecule has 20 heavy (non-hydrogen) atoms. The number of benzene rings is 1. The number of nitrogens with one attached hydrogen (secondary N) is 1. The second-order valence-electron chi connectivity index (χ2n) is 5.73. The zero-order valence-electron chi connectivity index (χ0n) is 11.7. The first-order valence-electron chi connectivity index (χ1n) is 6.22. The molecule has 1 N–H and O–H groups in total. The Morgan fingerprint density at radius 2 is 1.95 bits per heavy atom. The third-order valence-electron chi connectivity index (χ3n) is 2.55. The molecule has 0 radical (unpaired) electrons. The van der Waals surface area contributed by atoms with Crippen LogP contribution in [-0.2, 0) is 9.59 Å². The van der Waals surface area contributed by atoms with E-state index >= 15 is 0 Å². The molecule has 0 fully saturated rings. The van der Waals surface area contributed by atoms with E-state index in [-0.39, 0.29) is 17.6 Å². The standard InChI is InChI=1S/C15H17ClN2O2/c1-15(2,3)8-13(19)10(9-17)14(20)18-12-7-5-4-6-11(12)16/h4-7,10H,8H2,1-3H3,(H,18,20)/t10-/m0/s1. The fraction of sp³-hybridized carbons (Fsp3) is 0.400. The van der Waals surface area contributed by atoms with Crippen molar-refractivity contribution in [2.75, 3.05) is 5.32 Å². The molecular weight excluding hydrogens is 276 g/mol. The highest BCUT2D eigenvalue weighted by Crippen LogP contribution is 2.24. The van der Waals surface area contributed by atoms with Gasteiger partial charge in [-0.3, -0.25) is 9.59 Å². The number of halogens is 1. The number of hydrogen-bond acceptors (Lipinski definition) is 3. The van der Waals surface area contributed by atoms with E-state index in [1.165, 1.54) is 0 Å². The number of Topliss-reactive ketones (excluding diaryl/α,β-unsaturated/α-hetero) is 1. The SMILES string of the molecule is CC(C)(C)CC(=O)[C@H](C#N)C(=O)Nc1ccccc1Cl. The van der Waals surface area contributed by atoms with Crippen LogP contribution in [0.25, 0.3) is 0 Å². The van der Waals surface area contributed by atoms with Gasteiger partial charge < -0.3 is 5.32 Å². The summed E-state index contributed by atoms with van der Waals surface area (Å²) >= 11 is 5.92. The van der Waals surface area contributed by atoms with Crippen LogP contribution in [0.1, 0.15) is 27.2 Å². The Labute approximate surface area is 123 Å². The number of carbonyl (C=O) groups excluding carboxylic acids is 2. The van der Waals surface area contributed by atoms with Gasteiger partial charge in [-0.25, -0.2) is 0 Å². The summed E-state index contributed by atoms with van der Waals surface area (Å²) in [4.78, 5) is 24.0. The van der Waals surface area contributed by atoms with Crippen LogP contribution in [0.3, 0.4) is 0 Å². The normalized spacial score (nSPS) is 12.3. The molecule has 1 atom stereocenters. The monoisotopic (exact) mass is 292 g/mol. The highest BCUT2D eigenvalue weighted by Gasteiger charge is 2.29. The Hall–Kier alpha value is -1.86. The van der Waals surface area contributed by atoms with E-state index in [4.69, 9.17) is 16.9 Å². The van der Waals surface area contributed by atoms with E-state index in [0.717, 1.165) is 0 Å². The third kappa shape index (κ3) is 4.67. The maximum absolute atomic E-state index is 12.0. The summed E-state index contributed by atoms with van der Waals surface area (Å²) in [6.07, 6.45) is 0.168. The van der Waals surface area contributed by atoms with Crippen LogP contribution in [0.15, 0.2) is 24.3 Å². The molecule has 0 saturated heterocycles. The molecule has 0 unspecified atom stereocenters. The van der Waals surface area contributed by atoms with Gasteiger partial charge in [-0.1, -0.05) is 44.5 Å². The summed E-state index contributed by atoms with van der Waals surface area (Å²) in [6.45, 7) is 5.64. The van der Waals surface area contributed by atoms with Gasteiger partial charge in [0.1, 0.15) is 0 Å². The molecule has 0 heterocycles. The highest BCUT2D eigenvalue weighted by molar-refractivity contribution is 6.33. The minimum Gasteiger partial charge on any atom is -0.323 e. The van der Waals surface area contributed by atoms with E-state index in [0.29, 0.717) is 10.7 Å². The Bertz CT molecular complexity index is 556. The first-order valence-corrected chi connectivity index (χ1v) is 6.60. The molecule has 0 spiro atoms. The molecule has 0 bridgehead atoms. The average Bonchev–Trinajstić information content (AvgIpc) is 2.30. The molecule has 106 valence electrons. The number of hydrogen-bond donors (Lipinski definition) is 1. The first kappa shape index (κ1) is 16.2. The van der Waals surface area contributed by atoms with Crippen molar-refractivity contribution in [3.63, 3.8) is 0 Å². The molecule has 0 aliphatic heterocycles. The minimum atomic E-state index is -1.31. The summed E-state index contributed by atoms with van der Waals surface area (Å²) in [6, 6.07) is 8.43. The van der Waals surface area contributed by atoms with E-state index < -0.39 is 11.8 Å². The van der Waals surface area contributed by atoms with Gasteiger partial charge in [0, 0.05) is 6.42 Å². The average molecular weight is 293 g/mol. The molecule has 1 amide bonds. The van der Waals surface area contributed by atoms with Crippen LogP contribution >= 0.6 is 11.6 Å². The van der Waals surface area contributed by atoms with Gasteiger partial charge in [0.05, 0.1) is 16.8 Å². The summed E-state index contributed by atoms with van der Waals surface area (Å²) in [7, 11) is 0. The number of nitrogens with zero attached hydrogens (tertiary/aromatic N) is 1. The Morgan fingerprint density at radius 3 is 2.45 bits per heavy atom. The number of para-hydroxylation sites is 1. The second kappa shape index (κ2) is 6.53. The minimum absolute atomic E-state index is 0.168. The van der Waals surface area contributed by atoms with E-state index in [2.05, 4.69) is 5.32 Å². The van der Waals surface area contributed by atoms with Crippen molar-refractivity contribution < 1.29 is 9.59 Å². The van der Waals surface area contributed by atoms with Crippen molar-refractivity contribution >= 4 is 29.0 Å². The van der Waals surface area contributed by atoms with Gasteiger partial charge in [-0.15, -0.1) is 0 Å². The third-order valence-corrected chi connectivity index (χ3v) is 2.88. The fourth-order valence-electron chi connectivity index (χ4n) is 1.67. The summed E-state index contributed by atoms with van der Waals surface area (Å²) < 4.78 is 0. The van der Waals surface area contributed by atoms with Crippen molar-refractivity contribution in [2.24, 2.45) is 11.3 Å². The van der Waals surface area contributed by atoms with Crippen molar-refractivity contribution in [1.82, 2.24) is 0 Å². The van der Waals surface area contributed by atoms with Gasteiger partial charge in [0.15, 0.2) is 11.7 Å². The molecule has 0 aliphatic rings. The van der Waals surface area contributed by atoms with Crippen LogP contribution in [0.5, 0.6) is 0 Å². The highest BCUT2D eigenvalue weighted by atomic mass is 35.5. The number of amides is 1. The van der Waals surface area contributed by atoms with E-state index in [9.17, 15) is 9.59 Å². The van der Waals surface area contributed by atoms with Crippen molar-refractivity contribution in [3.05, 3.63) is 29.3 Å². The van der Waals surface area contributed by atoms with Crippen LogP contribution < -0.4 is 5.32 Å². The zero-order chi connectivity index (χ0) is 15.3. The lowest BCUT2D eigenvalue weighted by Gasteiger charge is -2.18. The quantitative estimate of drug-likeness (QED) is 0.864. The summed E-state index contributed by atoms with van der Waals surface area (Å²) in [5.74, 6) is -2.34.